The minimum atomic E-state index is -1.47. The van der Waals surface area contributed by atoms with E-state index >= 15 is 4.39 Å². The first kappa shape index (κ1) is 65.0. The van der Waals surface area contributed by atoms with Crippen LogP contribution in [0, 0.1) is 11.2 Å². The molecule has 6 amide bonds. The van der Waals surface area contributed by atoms with Crippen molar-refractivity contribution in [3.05, 3.63) is 132 Å². The summed E-state index contributed by atoms with van der Waals surface area (Å²) < 4.78 is 45.1. The lowest BCUT2D eigenvalue weighted by atomic mass is 9.87. The van der Waals surface area contributed by atoms with Crippen LogP contribution >= 0.6 is 0 Å². The van der Waals surface area contributed by atoms with E-state index in [1.54, 1.807) is 74.6 Å². The first-order chi connectivity index (χ1) is 39.5. The van der Waals surface area contributed by atoms with Gasteiger partial charge in [0.05, 0.1) is 32.7 Å². The fourth-order valence-corrected chi connectivity index (χ4v) is 9.03. The molecular formula is C61H75FN6O15. The molecule has 4 atom stereocenters. The van der Waals surface area contributed by atoms with E-state index in [9.17, 15) is 48.3 Å². The smallest absolute Gasteiger partial charge is 0.330 e. The van der Waals surface area contributed by atoms with Crippen molar-refractivity contribution < 1.29 is 76.3 Å². The van der Waals surface area contributed by atoms with E-state index in [4.69, 9.17) is 23.7 Å². The molecular weight excluding hydrogens is 1080 g/mol. The van der Waals surface area contributed by atoms with Gasteiger partial charge < -0.3 is 59.0 Å². The molecule has 4 aromatic carbocycles. The molecule has 1 aliphatic rings. The zero-order valence-corrected chi connectivity index (χ0v) is 48.3. The molecule has 83 heavy (non-hydrogen) atoms. The van der Waals surface area contributed by atoms with Gasteiger partial charge in [-0.3, -0.25) is 33.6 Å². The fraction of sp³-hybridized carbons (Fsp3) is 0.426. The molecule has 0 spiro atoms. The van der Waals surface area contributed by atoms with Crippen molar-refractivity contribution in [1.29, 1.82) is 0 Å². The number of aryl methyl sites for hydroxylation is 1. The number of Topliss-reactive ketones (excluding diaryl/α,β-unsaturated/α-hetero) is 1. The standard InChI is InChI=1S/C61H75FN6O15/c1-10-54(73)82-38-61(3,4)56(74)59(77)68-31-16-15-21-45(68)60(78)83-47(29-25-41-26-30-48(79-8)50(34-41)80-9)43-20-17-22-49(55(43)62)81-37-53(72)67(7)46(33-40-23-27-42(69)28-24-40)57(75)64-44(32-39-18-13-12-14-19-39)58(76)66(6)36-51(70)63-35-52(71)65(5)11-2/h10,12-14,17-20,22-24,26-28,30,34,44-47,69H,1,11,15-16,21,25,29,31-33,35-38H2,2-9H3,(H,63,70)(H,64,75)/t44-,45+,46+,47-/m1/s1. The number of hydrogen-bond acceptors (Lipinski definition) is 15. The Kier molecular flexibility index (Phi) is 24.2. The van der Waals surface area contributed by atoms with Gasteiger partial charge in [0.25, 0.3) is 11.8 Å². The Bertz CT molecular complexity index is 2960. The molecule has 0 aromatic heterocycles. The van der Waals surface area contributed by atoms with Crippen LogP contribution in [0.15, 0.2) is 104 Å². The Balaban J connectivity index is 1.41. The number of ether oxygens (including phenoxy) is 5. The van der Waals surface area contributed by atoms with E-state index in [2.05, 4.69) is 17.2 Å². The number of nitrogens with one attached hydrogen (secondary N) is 2. The van der Waals surface area contributed by atoms with Gasteiger partial charge in [0, 0.05) is 58.7 Å². The van der Waals surface area contributed by atoms with Crippen LogP contribution < -0.4 is 24.8 Å². The van der Waals surface area contributed by atoms with Crippen LogP contribution in [-0.4, -0.2) is 171 Å². The topological polar surface area (TPSA) is 257 Å². The third-order valence-corrected chi connectivity index (χ3v) is 14.2. The Labute approximate surface area is 483 Å². The van der Waals surface area contributed by atoms with Crippen molar-refractivity contribution in [3.63, 3.8) is 0 Å². The third-order valence-electron chi connectivity index (χ3n) is 14.2. The number of carbonyl (C=O) groups excluding carboxylic acids is 9. The van der Waals surface area contributed by atoms with Gasteiger partial charge in [-0.2, -0.15) is 0 Å². The monoisotopic (exact) mass is 1150 g/mol. The largest absolute Gasteiger partial charge is 0.508 e. The van der Waals surface area contributed by atoms with E-state index in [-0.39, 0.29) is 62.4 Å². The average molecular weight is 1150 g/mol. The molecule has 0 unspecified atom stereocenters. The molecule has 0 aliphatic carbocycles. The zero-order chi connectivity index (χ0) is 61.0. The number of hydrogen-bond donors (Lipinski definition) is 3. The van der Waals surface area contributed by atoms with Gasteiger partial charge in [-0.1, -0.05) is 67.2 Å². The molecule has 5 rings (SSSR count). The van der Waals surface area contributed by atoms with Gasteiger partial charge in [0.2, 0.25) is 29.4 Å². The van der Waals surface area contributed by atoms with Gasteiger partial charge in [-0.05, 0) is 99.9 Å². The van der Waals surface area contributed by atoms with Crippen molar-refractivity contribution >= 4 is 53.2 Å². The molecule has 1 heterocycles. The summed E-state index contributed by atoms with van der Waals surface area (Å²) >= 11 is 0. The first-order valence-electron chi connectivity index (χ1n) is 27.1. The van der Waals surface area contributed by atoms with Crippen LogP contribution in [0.25, 0.3) is 0 Å². The highest BCUT2D eigenvalue weighted by Gasteiger charge is 2.43. The van der Waals surface area contributed by atoms with E-state index in [1.807, 2.05) is 0 Å². The second kappa shape index (κ2) is 30.8. The summed E-state index contributed by atoms with van der Waals surface area (Å²) in [5, 5.41) is 15.4. The lowest BCUT2D eigenvalue weighted by Crippen LogP contribution is -2.56. The molecule has 3 N–H and O–H groups in total. The third kappa shape index (κ3) is 18.3. The molecule has 0 saturated carbocycles. The molecule has 22 heteroatoms. The van der Waals surface area contributed by atoms with E-state index in [1.165, 1.54) is 77.4 Å². The summed E-state index contributed by atoms with van der Waals surface area (Å²) in [5.74, 6) is -7.35. The maximum atomic E-state index is 17.1. The van der Waals surface area contributed by atoms with Crippen molar-refractivity contribution in [2.24, 2.45) is 5.41 Å². The highest BCUT2D eigenvalue weighted by Crippen LogP contribution is 2.35. The van der Waals surface area contributed by atoms with Crippen LogP contribution in [0.5, 0.6) is 23.0 Å². The molecule has 4 aromatic rings. The second-order valence-electron chi connectivity index (χ2n) is 20.7. The van der Waals surface area contributed by atoms with E-state index in [0.717, 1.165) is 20.8 Å². The molecule has 1 saturated heterocycles. The molecule has 21 nitrogen and oxygen atoms in total. The normalized spacial score (nSPS) is 14.1. The minimum absolute atomic E-state index is 0.0181. The van der Waals surface area contributed by atoms with E-state index < -0.39 is 108 Å². The molecule has 1 fully saturated rings. The van der Waals surface area contributed by atoms with Gasteiger partial charge in [-0.25, -0.2) is 14.0 Å². The maximum absolute atomic E-state index is 17.1. The summed E-state index contributed by atoms with van der Waals surface area (Å²) in [5.41, 5.74) is 0.264. The number of aromatic hydroxyl groups is 1. The van der Waals surface area contributed by atoms with Crippen molar-refractivity contribution in [2.45, 2.75) is 89.9 Å². The molecule has 0 radical (unpaired) electrons. The number of carbonyl (C=O) groups is 9. The number of phenolic OH excluding ortho intramolecular Hbond substituents is 1. The number of benzene rings is 4. The highest BCUT2D eigenvalue weighted by atomic mass is 19.1. The number of methoxy groups -OCH3 is 2. The summed E-state index contributed by atoms with van der Waals surface area (Å²) in [6, 6.07) is 20.1. The first-order valence-corrected chi connectivity index (χ1v) is 27.1. The van der Waals surface area contributed by atoms with Crippen LogP contribution in [0.3, 0.4) is 0 Å². The number of ketones is 1. The van der Waals surface area contributed by atoms with Crippen molar-refractivity contribution in [3.8, 4) is 23.0 Å². The van der Waals surface area contributed by atoms with Gasteiger partial charge in [-0.15, -0.1) is 0 Å². The Morgan fingerprint density at radius 1 is 0.819 bits per heavy atom. The minimum Gasteiger partial charge on any atom is -0.508 e. The summed E-state index contributed by atoms with van der Waals surface area (Å²) in [6.07, 6.45) is 0.715. The predicted octanol–water partition coefficient (Wildman–Crippen LogP) is 4.70. The van der Waals surface area contributed by atoms with E-state index in [0.29, 0.717) is 47.6 Å². The summed E-state index contributed by atoms with van der Waals surface area (Å²) in [4.78, 5) is 127. The summed E-state index contributed by atoms with van der Waals surface area (Å²) in [6.45, 7) is 6.47. The van der Waals surface area contributed by atoms with Crippen molar-refractivity contribution in [1.82, 2.24) is 30.2 Å². The number of halogens is 1. The number of esters is 2. The number of likely N-dealkylation sites (N-methyl/N-ethyl adjacent to an activating group) is 3. The van der Waals surface area contributed by atoms with Crippen LogP contribution in [0.2, 0.25) is 0 Å². The van der Waals surface area contributed by atoms with Crippen molar-refractivity contribution in [2.75, 3.05) is 74.8 Å². The predicted molar refractivity (Wildman–Crippen MR) is 302 cm³/mol. The molecule has 1 aliphatic heterocycles. The average Bonchev–Trinajstić information content (AvgIpc) is 3.60. The van der Waals surface area contributed by atoms with Crippen LogP contribution in [0.1, 0.15) is 74.8 Å². The Morgan fingerprint density at radius 3 is 2.16 bits per heavy atom. The Morgan fingerprint density at radius 2 is 1.49 bits per heavy atom. The lowest BCUT2D eigenvalue weighted by Gasteiger charge is -2.36. The number of rotatable bonds is 29. The number of amides is 6. The Hall–Kier alpha value is -8.82. The number of phenols is 1. The quantitative estimate of drug-likeness (QED) is 0.0378. The molecule has 0 bridgehead atoms. The SMILES string of the molecule is C=CC(=O)OCC(C)(C)C(=O)C(=O)N1CCCC[C@H]1C(=O)O[C@H](CCc1ccc(OC)c(OC)c1)c1cccc(OCC(=O)N(C)[C@@H](Cc2ccc(O)cc2)C(=O)N[C@H](Cc2ccccc2)C(=O)N(C)CC(=O)NCC(=O)N(C)CC)c1F. The van der Waals surface area contributed by atoms with Gasteiger partial charge >= 0.3 is 11.9 Å². The second-order valence-corrected chi connectivity index (χ2v) is 20.7. The van der Waals surface area contributed by atoms with Gasteiger partial charge in [0.15, 0.2) is 29.7 Å². The summed E-state index contributed by atoms with van der Waals surface area (Å²) in [7, 11) is 7.24. The number of piperidine rings is 1. The zero-order valence-electron chi connectivity index (χ0n) is 48.3. The molecule has 446 valence electrons. The van der Waals surface area contributed by atoms with Crippen LogP contribution in [0.4, 0.5) is 4.39 Å². The van der Waals surface area contributed by atoms with Gasteiger partial charge in [0.1, 0.15) is 36.6 Å². The fourth-order valence-electron chi connectivity index (χ4n) is 9.03. The maximum Gasteiger partial charge on any atom is 0.330 e. The van der Waals surface area contributed by atoms with Crippen LogP contribution in [-0.2, 0) is 71.9 Å². The number of likely N-dealkylation sites (tertiary alicyclic amines) is 1. The lowest BCUT2D eigenvalue weighted by molar-refractivity contribution is -0.165. The number of nitrogens with zero attached hydrogens (tertiary/aromatic N) is 4. The highest BCUT2D eigenvalue weighted by molar-refractivity contribution is 6.38.